The maximum atomic E-state index is 11.8. The Hall–Kier alpha value is -0.780. The van der Waals surface area contributed by atoms with Crippen LogP contribution in [-0.4, -0.2) is 42.7 Å². The Kier molecular flexibility index (Phi) is 3.36. The zero-order chi connectivity index (χ0) is 10.8. The molecule has 1 N–H and O–H groups in total. The van der Waals surface area contributed by atoms with E-state index in [4.69, 9.17) is 0 Å². The summed E-state index contributed by atoms with van der Waals surface area (Å²) in [6.07, 6.45) is -3.76. The predicted octanol–water partition coefficient (Wildman–Crippen LogP) is 0.759. The van der Waals surface area contributed by atoms with Gasteiger partial charge in [-0.15, -0.1) is 0 Å². The van der Waals surface area contributed by atoms with E-state index in [0.717, 1.165) is 0 Å². The molecule has 0 aromatic carbocycles. The summed E-state index contributed by atoms with van der Waals surface area (Å²) >= 11 is 0. The van der Waals surface area contributed by atoms with Gasteiger partial charge < -0.3 is 10.2 Å². The molecule has 1 fully saturated rings. The van der Waals surface area contributed by atoms with Gasteiger partial charge in [0, 0.05) is 25.6 Å². The second-order valence-electron chi connectivity index (χ2n) is 3.35. The highest BCUT2D eigenvalue weighted by Gasteiger charge is 2.33. The number of hydrogen-bond donors (Lipinski definition) is 1. The minimum atomic E-state index is -4.17. The van der Waals surface area contributed by atoms with Gasteiger partial charge in [0.2, 0.25) is 5.91 Å². The van der Waals surface area contributed by atoms with Crippen molar-refractivity contribution in [3.63, 3.8) is 0 Å². The summed E-state index contributed by atoms with van der Waals surface area (Å²) < 4.78 is 35.3. The molecule has 1 rings (SSSR count). The van der Waals surface area contributed by atoms with Crippen molar-refractivity contribution in [1.29, 1.82) is 0 Å². The van der Waals surface area contributed by atoms with Gasteiger partial charge in [-0.3, -0.25) is 4.79 Å². The van der Waals surface area contributed by atoms with E-state index in [9.17, 15) is 18.0 Å². The van der Waals surface area contributed by atoms with E-state index >= 15 is 0 Å². The molecule has 0 aromatic rings. The second-order valence-corrected chi connectivity index (χ2v) is 3.35. The largest absolute Gasteiger partial charge is 0.401 e. The molecule has 82 valence electrons. The predicted molar refractivity (Wildman–Crippen MR) is 44.7 cm³/mol. The van der Waals surface area contributed by atoms with Crippen LogP contribution in [0, 0.1) is 0 Å². The van der Waals surface area contributed by atoms with Gasteiger partial charge in [0.1, 0.15) is 0 Å². The Morgan fingerprint density at radius 2 is 2.07 bits per heavy atom. The van der Waals surface area contributed by atoms with Crippen molar-refractivity contribution in [2.45, 2.75) is 25.6 Å². The van der Waals surface area contributed by atoms with Crippen LogP contribution in [0.1, 0.15) is 13.3 Å². The van der Waals surface area contributed by atoms with Gasteiger partial charge in [-0.25, -0.2) is 0 Å². The highest BCUT2D eigenvalue weighted by Crippen LogP contribution is 2.15. The van der Waals surface area contributed by atoms with Crippen LogP contribution < -0.4 is 5.32 Å². The van der Waals surface area contributed by atoms with Crippen LogP contribution in [0.25, 0.3) is 0 Å². The van der Waals surface area contributed by atoms with Crippen LogP contribution in [0.15, 0.2) is 0 Å². The number of halogens is 3. The number of carbonyl (C=O) groups excluding carboxylic acids is 1. The summed E-state index contributed by atoms with van der Waals surface area (Å²) in [6, 6.07) is -0.202. The number of alkyl halides is 3. The van der Waals surface area contributed by atoms with Gasteiger partial charge in [0.25, 0.3) is 0 Å². The summed E-state index contributed by atoms with van der Waals surface area (Å²) in [5.74, 6) is -0.00458. The molecule has 0 aliphatic carbocycles. The average molecular weight is 210 g/mol. The SMILES string of the molecule is CCC(=O)N1CC(NCC(F)(F)F)C1. The Morgan fingerprint density at radius 3 is 2.50 bits per heavy atom. The molecule has 1 amide bonds. The van der Waals surface area contributed by atoms with E-state index in [1.54, 1.807) is 11.8 Å². The smallest absolute Gasteiger partial charge is 0.339 e. The molecular formula is C8H13F3N2O. The molecule has 1 heterocycles. The molecule has 0 unspecified atom stereocenters. The molecule has 1 saturated heterocycles. The minimum absolute atomic E-state index is 0.00458. The van der Waals surface area contributed by atoms with Gasteiger partial charge in [-0.2, -0.15) is 13.2 Å². The minimum Gasteiger partial charge on any atom is -0.339 e. The first-order valence-electron chi connectivity index (χ1n) is 4.50. The summed E-state index contributed by atoms with van der Waals surface area (Å²) in [5.41, 5.74) is 0. The quantitative estimate of drug-likeness (QED) is 0.745. The topological polar surface area (TPSA) is 32.3 Å². The van der Waals surface area contributed by atoms with Crippen LogP contribution in [0.5, 0.6) is 0 Å². The number of likely N-dealkylation sites (tertiary alicyclic amines) is 1. The number of nitrogens with zero attached hydrogens (tertiary/aromatic N) is 1. The summed E-state index contributed by atoms with van der Waals surface area (Å²) in [6.45, 7) is 1.54. The van der Waals surface area contributed by atoms with Crippen molar-refractivity contribution in [1.82, 2.24) is 10.2 Å². The third kappa shape index (κ3) is 3.17. The van der Waals surface area contributed by atoms with Gasteiger partial charge in [-0.1, -0.05) is 6.92 Å². The third-order valence-corrected chi connectivity index (χ3v) is 2.13. The van der Waals surface area contributed by atoms with E-state index in [2.05, 4.69) is 5.32 Å². The molecule has 1 aliphatic rings. The molecule has 0 radical (unpaired) electrons. The second kappa shape index (κ2) is 4.16. The van der Waals surface area contributed by atoms with E-state index in [0.29, 0.717) is 19.5 Å². The fourth-order valence-corrected chi connectivity index (χ4v) is 1.29. The van der Waals surface area contributed by atoms with Crippen LogP contribution >= 0.6 is 0 Å². The van der Waals surface area contributed by atoms with Crippen LogP contribution in [0.4, 0.5) is 13.2 Å². The molecule has 14 heavy (non-hydrogen) atoms. The van der Waals surface area contributed by atoms with Crippen molar-refractivity contribution in [2.75, 3.05) is 19.6 Å². The van der Waals surface area contributed by atoms with E-state index in [1.165, 1.54) is 0 Å². The van der Waals surface area contributed by atoms with Crippen LogP contribution in [0.2, 0.25) is 0 Å². The van der Waals surface area contributed by atoms with Gasteiger partial charge in [0.15, 0.2) is 0 Å². The van der Waals surface area contributed by atoms with Crippen LogP contribution in [-0.2, 0) is 4.79 Å². The number of amides is 1. The number of nitrogens with one attached hydrogen (secondary N) is 1. The lowest BCUT2D eigenvalue weighted by Crippen LogP contribution is -2.60. The molecule has 0 spiro atoms. The standard InChI is InChI=1S/C8H13F3N2O/c1-2-7(14)13-3-6(4-13)12-5-8(9,10)11/h6,12H,2-5H2,1H3. The van der Waals surface area contributed by atoms with E-state index in [1.807, 2.05) is 0 Å². The Morgan fingerprint density at radius 1 is 1.50 bits per heavy atom. The average Bonchev–Trinajstić information content (AvgIpc) is 1.98. The first-order valence-corrected chi connectivity index (χ1v) is 4.50. The molecule has 1 aliphatic heterocycles. The van der Waals surface area contributed by atoms with Gasteiger partial charge in [0.05, 0.1) is 6.54 Å². The summed E-state index contributed by atoms with van der Waals surface area (Å²) in [5, 5.41) is 2.35. The Labute approximate surface area is 80.3 Å². The maximum absolute atomic E-state index is 11.8. The molecule has 6 heteroatoms. The fraction of sp³-hybridized carbons (Fsp3) is 0.875. The normalized spacial score (nSPS) is 18.1. The zero-order valence-corrected chi connectivity index (χ0v) is 7.90. The van der Waals surface area contributed by atoms with Crippen molar-refractivity contribution in [3.05, 3.63) is 0 Å². The monoisotopic (exact) mass is 210 g/mol. The molecule has 3 nitrogen and oxygen atoms in total. The Bertz CT molecular complexity index is 211. The van der Waals surface area contributed by atoms with Gasteiger partial charge in [-0.05, 0) is 0 Å². The molecule has 0 aromatic heterocycles. The van der Waals surface area contributed by atoms with Crippen molar-refractivity contribution < 1.29 is 18.0 Å². The van der Waals surface area contributed by atoms with E-state index < -0.39 is 12.7 Å². The van der Waals surface area contributed by atoms with Crippen LogP contribution in [0.3, 0.4) is 0 Å². The van der Waals surface area contributed by atoms with Gasteiger partial charge >= 0.3 is 6.18 Å². The van der Waals surface area contributed by atoms with Crippen molar-refractivity contribution in [2.24, 2.45) is 0 Å². The summed E-state index contributed by atoms with van der Waals surface area (Å²) in [4.78, 5) is 12.6. The summed E-state index contributed by atoms with van der Waals surface area (Å²) in [7, 11) is 0. The lowest BCUT2D eigenvalue weighted by molar-refractivity contribution is -0.139. The first-order chi connectivity index (χ1) is 6.42. The number of carbonyl (C=O) groups is 1. The molecular weight excluding hydrogens is 197 g/mol. The van der Waals surface area contributed by atoms with Crippen molar-refractivity contribution >= 4 is 5.91 Å². The number of rotatable bonds is 3. The third-order valence-electron chi connectivity index (χ3n) is 2.13. The zero-order valence-electron chi connectivity index (χ0n) is 7.90. The Balaban J connectivity index is 2.13. The van der Waals surface area contributed by atoms with Crippen molar-refractivity contribution in [3.8, 4) is 0 Å². The highest BCUT2D eigenvalue weighted by atomic mass is 19.4. The highest BCUT2D eigenvalue weighted by molar-refractivity contribution is 5.76. The lowest BCUT2D eigenvalue weighted by Gasteiger charge is -2.39. The maximum Gasteiger partial charge on any atom is 0.401 e. The first kappa shape index (κ1) is 11.3. The number of hydrogen-bond acceptors (Lipinski definition) is 2. The molecule has 0 atom stereocenters. The lowest BCUT2D eigenvalue weighted by atomic mass is 10.1. The fourth-order valence-electron chi connectivity index (χ4n) is 1.29. The van der Waals surface area contributed by atoms with E-state index in [-0.39, 0.29) is 11.9 Å². The molecule has 0 saturated carbocycles. The molecule has 0 bridgehead atoms.